The first-order valence-electron chi connectivity index (χ1n) is 3.61. The molecule has 0 aromatic carbocycles. The van der Waals surface area contributed by atoms with E-state index in [1.807, 2.05) is 13.0 Å². The van der Waals surface area contributed by atoms with Gasteiger partial charge in [0.2, 0.25) is 0 Å². The summed E-state index contributed by atoms with van der Waals surface area (Å²) in [7, 11) is 0. The van der Waals surface area contributed by atoms with Gasteiger partial charge in [-0.05, 0) is 19.1 Å². The molecule has 2 atom stereocenters. The Bertz CT molecular complexity index is 265. The minimum atomic E-state index is 0.262. The lowest BCUT2D eigenvalue weighted by Gasteiger charge is -2.16. The summed E-state index contributed by atoms with van der Waals surface area (Å²) in [5.41, 5.74) is 1.18. The molecule has 3 heteroatoms. The van der Waals surface area contributed by atoms with Crippen LogP contribution in [0.25, 0.3) is 0 Å². The van der Waals surface area contributed by atoms with E-state index in [0.29, 0.717) is 0 Å². The quantitative estimate of drug-likeness (QED) is 0.582. The Labute approximate surface area is 70.7 Å². The molecule has 0 aromatic heterocycles. The van der Waals surface area contributed by atoms with E-state index < -0.39 is 0 Å². The number of dihydropyridines is 1. The minimum absolute atomic E-state index is 0.262. The van der Waals surface area contributed by atoms with Crippen molar-refractivity contribution < 1.29 is 0 Å². The van der Waals surface area contributed by atoms with E-state index in [1.165, 1.54) is 5.70 Å². The Balaban J connectivity index is 2.25. The fourth-order valence-electron chi connectivity index (χ4n) is 1.40. The lowest BCUT2D eigenvalue weighted by Crippen LogP contribution is -2.30. The number of nitrogens with one attached hydrogen (secondary N) is 1. The second kappa shape index (κ2) is 2.38. The van der Waals surface area contributed by atoms with E-state index in [1.54, 1.807) is 6.21 Å². The standard InChI is InChI=1S/C8H9ClN2/c1-5-2-7-8(11-5)3-6(9)4-10-7/h2-4,7-8,11H,1H3. The molecule has 2 nitrogen and oxygen atoms in total. The van der Waals surface area contributed by atoms with Crippen LogP contribution in [0.2, 0.25) is 0 Å². The Morgan fingerprint density at radius 3 is 3.18 bits per heavy atom. The molecule has 2 rings (SSSR count). The van der Waals surface area contributed by atoms with Crippen molar-refractivity contribution in [1.29, 1.82) is 0 Å². The summed E-state index contributed by atoms with van der Waals surface area (Å²) in [6.07, 6.45) is 5.81. The van der Waals surface area contributed by atoms with Crippen LogP contribution >= 0.6 is 11.6 Å². The van der Waals surface area contributed by atoms with Crippen LogP contribution in [0.4, 0.5) is 0 Å². The predicted octanol–water partition coefficient (Wildman–Crippen LogP) is 1.44. The molecule has 2 aliphatic rings. The molecule has 58 valence electrons. The van der Waals surface area contributed by atoms with Gasteiger partial charge in [-0.2, -0.15) is 0 Å². The summed E-state index contributed by atoms with van der Waals surface area (Å²) in [6.45, 7) is 2.04. The second-order valence-electron chi connectivity index (χ2n) is 2.84. The summed E-state index contributed by atoms with van der Waals surface area (Å²) in [5, 5.41) is 4.00. The maximum atomic E-state index is 5.78. The average molecular weight is 169 g/mol. The van der Waals surface area contributed by atoms with E-state index in [-0.39, 0.29) is 12.1 Å². The number of halogens is 1. The molecule has 0 saturated carbocycles. The number of aliphatic imine (C=N–C) groups is 1. The molecule has 2 aliphatic heterocycles. The third-order valence-electron chi connectivity index (χ3n) is 1.89. The van der Waals surface area contributed by atoms with Crippen LogP contribution in [0.15, 0.2) is 27.9 Å². The number of fused-ring (bicyclic) bond motifs is 1. The lowest BCUT2D eigenvalue weighted by molar-refractivity contribution is 0.654. The monoisotopic (exact) mass is 168 g/mol. The SMILES string of the molecule is CC1=CC2N=CC(Cl)=CC2N1. The smallest absolute Gasteiger partial charge is 0.0937 e. The molecule has 0 aromatic rings. The maximum Gasteiger partial charge on any atom is 0.0937 e. The summed E-state index contributed by atoms with van der Waals surface area (Å²) < 4.78 is 0. The third-order valence-corrected chi connectivity index (χ3v) is 2.12. The Morgan fingerprint density at radius 2 is 2.36 bits per heavy atom. The molecule has 0 saturated heterocycles. The molecule has 0 amide bonds. The first-order chi connectivity index (χ1) is 5.25. The van der Waals surface area contributed by atoms with Gasteiger partial charge in [-0.1, -0.05) is 11.6 Å². The van der Waals surface area contributed by atoms with Crippen molar-refractivity contribution >= 4 is 17.8 Å². The Hall–Kier alpha value is -0.760. The highest BCUT2D eigenvalue weighted by atomic mass is 35.5. The normalized spacial score (nSPS) is 34.0. The van der Waals surface area contributed by atoms with Gasteiger partial charge >= 0.3 is 0 Å². The predicted molar refractivity (Wildman–Crippen MR) is 46.9 cm³/mol. The molecule has 0 fully saturated rings. The molecule has 0 bridgehead atoms. The molecular formula is C8H9ClN2. The van der Waals surface area contributed by atoms with Crippen LogP contribution in [-0.4, -0.2) is 18.3 Å². The second-order valence-corrected chi connectivity index (χ2v) is 3.28. The van der Waals surface area contributed by atoms with Crippen molar-refractivity contribution in [2.24, 2.45) is 4.99 Å². The fourth-order valence-corrected chi connectivity index (χ4v) is 1.60. The van der Waals surface area contributed by atoms with E-state index in [0.717, 1.165) is 5.03 Å². The zero-order valence-corrected chi connectivity index (χ0v) is 6.97. The van der Waals surface area contributed by atoms with Crippen LogP contribution in [0.1, 0.15) is 6.92 Å². The van der Waals surface area contributed by atoms with E-state index in [2.05, 4.69) is 16.4 Å². The van der Waals surface area contributed by atoms with Crippen LogP contribution in [0.5, 0.6) is 0 Å². The third kappa shape index (κ3) is 1.18. The molecule has 0 spiro atoms. The van der Waals surface area contributed by atoms with Gasteiger partial charge in [-0.3, -0.25) is 4.99 Å². The molecule has 2 heterocycles. The molecule has 1 N–H and O–H groups in total. The first-order valence-corrected chi connectivity index (χ1v) is 3.99. The number of hydrogen-bond acceptors (Lipinski definition) is 2. The highest BCUT2D eigenvalue weighted by molar-refractivity contribution is 6.39. The molecular weight excluding hydrogens is 160 g/mol. The van der Waals surface area contributed by atoms with Crippen LogP contribution < -0.4 is 5.32 Å². The van der Waals surface area contributed by atoms with Crippen LogP contribution in [0.3, 0.4) is 0 Å². The van der Waals surface area contributed by atoms with Crippen molar-refractivity contribution in [2.45, 2.75) is 19.0 Å². The number of rotatable bonds is 0. The van der Waals surface area contributed by atoms with Crippen LogP contribution in [-0.2, 0) is 0 Å². The fraction of sp³-hybridized carbons (Fsp3) is 0.375. The summed E-state index contributed by atoms with van der Waals surface area (Å²) in [5.74, 6) is 0. The van der Waals surface area contributed by atoms with Crippen LogP contribution in [0, 0.1) is 0 Å². The highest BCUT2D eigenvalue weighted by Crippen LogP contribution is 2.19. The average Bonchev–Trinajstić information content (AvgIpc) is 2.27. The topological polar surface area (TPSA) is 24.4 Å². The minimum Gasteiger partial charge on any atom is -0.380 e. The van der Waals surface area contributed by atoms with Crippen molar-refractivity contribution in [3.8, 4) is 0 Å². The lowest BCUT2D eigenvalue weighted by atomic mass is 10.1. The summed E-state index contributed by atoms with van der Waals surface area (Å²) in [4.78, 5) is 4.26. The van der Waals surface area contributed by atoms with Crippen molar-refractivity contribution in [3.05, 3.63) is 22.9 Å². The van der Waals surface area contributed by atoms with Crippen molar-refractivity contribution in [2.75, 3.05) is 0 Å². The summed E-state index contributed by atoms with van der Waals surface area (Å²) >= 11 is 5.78. The zero-order chi connectivity index (χ0) is 7.84. The largest absolute Gasteiger partial charge is 0.380 e. The van der Waals surface area contributed by atoms with Gasteiger partial charge in [-0.25, -0.2) is 0 Å². The van der Waals surface area contributed by atoms with Crippen molar-refractivity contribution in [3.63, 3.8) is 0 Å². The summed E-state index contributed by atoms with van der Waals surface area (Å²) in [6, 6.07) is 0.546. The van der Waals surface area contributed by atoms with Gasteiger partial charge in [0, 0.05) is 11.9 Å². The van der Waals surface area contributed by atoms with Gasteiger partial charge < -0.3 is 5.32 Å². The first kappa shape index (κ1) is 6.92. The Kier molecular flexibility index (Phi) is 1.50. The number of allylic oxidation sites excluding steroid dienone is 2. The van der Waals surface area contributed by atoms with E-state index in [4.69, 9.17) is 11.6 Å². The van der Waals surface area contributed by atoms with Gasteiger partial charge in [0.05, 0.1) is 17.1 Å². The van der Waals surface area contributed by atoms with Gasteiger partial charge in [-0.15, -0.1) is 0 Å². The molecule has 2 unspecified atom stereocenters. The van der Waals surface area contributed by atoms with E-state index in [9.17, 15) is 0 Å². The molecule has 0 radical (unpaired) electrons. The van der Waals surface area contributed by atoms with Gasteiger partial charge in [0.25, 0.3) is 0 Å². The molecule has 0 aliphatic carbocycles. The highest BCUT2D eigenvalue weighted by Gasteiger charge is 2.24. The Morgan fingerprint density at radius 1 is 1.55 bits per heavy atom. The number of nitrogens with zero attached hydrogens (tertiary/aromatic N) is 1. The number of hydrogen-bond donors (Lipinski definition) is 1. The molecule has 11 heavy (non-hydrogen) atoms. The zero-order valence-electron chi connectivity index (χ0n) is 6.21. The van der Waals surface area contributed by atoms with E-state index >= 15 is 0 Å². The maximum absolute atomic E-state index is 5.78. The van der Waals surface area contributed by atoms with Crippen molar-refractivity contribution in [1.82, 2.24) is 5.32 Å². The van der Waals surface area contributed by atoms with Gasteiger partial charge in [0.1, 0.15) is 0 Å². The van der Waals surface area contributed by atoms with Gasteiger partial charge in [0.15, 0.2) is 0 Å².